The maximum atomic E-state index is 12.8. The molecule has 22 heavy (non-hydrogen) atoms. The molecule has 2 heterocycles. The molecule has 0 amide bonds. The summed E-state index contributed by atoms with van der Waals surface area (Å²) in [5.41, 5.74) is 0.150. The van der Waals surface area contributed by atoms with Crippen LogP contribution in [0, 0.1) is 5.41 Å². The second-order valence-electron chi connectivity index (χ2n) is 5.89. The molecular weight excluding hydrogens is 411 g/mol. The molecule has 0 radical (unpaired) electrons. The molecule has 0 aliphatic carbocycles. The molecule has 1 spiro atoms. The van der Waals surface area contributed by atoms with Crippen LogP contribution in [0.4, 0.5) is 0 Å². The minimum absolute atomic E-state index is 0. The van der Waals surface area contributed by atoms with Crippen molar-refractivity contribution in [2.45, 2.75) is 24.2 Å². The van der Waals surface area contributed by atoms with Crippen LogP contribution in [0.25, 0.3) is 0 Å². The Morgan fingerprint density at radius 1 is 1.23 bits per heavy atom. The first kappa shape index (κ1) is 18.5. The summed E-state index contributed by atoms with van der Waals surface area (Å²) < 4.78 is 27.9. The highest BCUT2D eigenvalue weighted by Crippen LogP contribution is 2.41. The van der Waals surface area contributed by atoms with Gasteiger partial charge in [-0.25, -0.2) is 8.42 Å². The van der Waals surface area contributed by atoms with E-state index in [1.165, 1.54) is 0 Å². The number of hydrogen-bond donors (Lipinski definition) is 1. The molecule has 0 aromatic heterocycles. The van der Waals surface area contributed by atoms with Gasteiger partial charge in [0.2, 0.25) is 10.0 Å². The number of sulfonamides is 1. The highest BCUT2D eigenvalue weighted by atomic mass is 79.9. The third kappa shape index (κ3) is 3.32. The Kier molecular flexibility index (Phi) is 5.84. The number of rotatable bonds is 2. The van der Waals surface area contributed by atoms with E-state index in [1.54, 1.807) is 22.5 Å². The van der Waals surface area contributed by atoms with E-state index in [0.717, 1.165) is 32.4 Å². The Balaban J connectivity index is 0.00000176. The molecule has 0 atom stereocenters. The van der Waals surface area contributed by atoms with E-state index in [0.29, 0.717) is 17.6 Å². The molecule has 0 unspecified atom stereocenters. The van der Waals surface area contributed by atoms with E-state index < -0.39 is 10.0 Å². The number of nitrogens with one attached hydrogen (secondary N) is 1. The van der Waals surface area contributed by atoms with Crippen LogP contribution < -0.4 is 5.32 Å². The smallest absolute Gasteiger partial charge is 0.244 e. The van der Waals surface area contributed by atoms with E-state index in [2.05, 4.69) is 21.2 Å². The number of nitrogens with zero attached hydrogens (tertiary/aromatic N) is 1. The summed E-state index contributed by atoms with van der Waals surface area (Å²) in [6.45, 7) is 3.15. The third-order valence-corrected chi connectivity index (χ3v) is 7.90. The van der Waals surface area contributed by atoms with Gasteiger partial charge in [0.15, 0.2) is 0 Å². The fourth-order valence-corrected chi connectivity index (χ4v) is 5.84. The maximum absolute atomic E-state index is 12.8. The van der Waals surface area contributed by atoms with Crippen LogP contribution in [0.15, 0.2) is 27.6 Å². The van der Waals surface area contributed by atoms with Gasteiger partial charge in [0, 0.05) is 17.6 Å². The lowest BCUT2D eigenvalue weighted by Gasteiger charge is -2.33. The van der Waals surface area contributed by atoms with Crippen molar-refractivity contribution in [3.8, 4) is 0 Å². The summed E-state index contributed by atoms with van der Waals surface area (Å²) in [6, 6.07) is 5.04. The Morgan fingerprint density at radius 3 is 2.59 bits per heavy atom. The van der Waals surface area contributed by atoms with Crippen molar-refractivity contribution in [1.29, 1.82) is 0 Å². The summed E-state index contributed by atoms with van der Waals surface area (Å²) in [5.74, 6) is 0. The Bertz CT molecular complexity index is 648. The van der Waals surface area contributed by atoms with E-state index in [-0.39, 0.29) is 27.7 Å². The molecule has 2 fully saturated rings. The lowest BCUT2D eigenvalue weighted by atomic mass is 9.78. The normalized spacial score (nSPS) is 21.7. The third-order valence-electron chi connectivity index (χ3n) is 4.60. The molecule has 2 saturated heterocycles. The lowest BCUT2D eigenvalue weighted by Crippen LogP contribution is -2.39. The highest BCUT2D eigenvalue weighted by Gasteiger charge is 2.43. The molecule has 8 heteroatoms. The fraction of sp³-hybridized carbons (Fsp3) is 0.571. The zero-order valence-corrected chi connectivity index (χ0v) is 16.0. The van der Waals surface area contributed by atoms with Gasteiger partial charge >= 0.3 is 0 Å². The van der Waals surface area contributed by atoms with Gasteiger partial charge in [-0.05, 0) is 65.8 Å². The van der Waals surface area contributed by atoms with Crippen molar-refractivity contribution in [2.75, 3.05) is 26.2 Å². The summed E-state index contributed by atoms with van der Waals surface area (Å²) >= 11 is 9.46. The lowest BCUT2D eigenvalue weighted by molar-refractivity contribution is 0.218. The van der Waals surface area contributed by atoms with Gasteiger partial charge in [-0.15, -0.1) is 12.4 Å². The van der Waals surface area contributed by atoms with E-state index in [1.807, 2.05) is 0 Å². The zero-order chi connectivity index (χ0) is 15.1. The Hall–Kier alpha value is 0.150. The predicted octanol–water partition coefficient (Wildman–Crippen LogP) is 3.29. The summed E-state index contributed by atoms with van der Waals surface area (Å²) in [7, 11) is -3.52. The van der Waals surface area contributed by atoms with E-state index in [4.69, 9.17) is 11.6 Å². The quantitative estimate of drug-likeness (QED) is 0.784. The molecule has 1 aromatic carbocycles. The second-order valence-corrected chi connectivity index (χ2v) is 9.03. The highest BCUT2D eigenvalue weighted by molar-refractivity contribution is 9.10. The molecule has 2 aliphatic rings. The average molecular weight is 430 g/mol. The van der Waals surface area contributed by atoms with Crippen molar-refractivity contribution in [1.82, 2.24) is 9.62 Å². The maximum Gasteiger partial charge on any atom is 0.244 e. The zero-order valence-electron chi connectivity index (χ0n) is 12.0. The molecule has 1 N–H and O–H groups in total. The topological polar surface area (TPSA) is 49.4 Å². The number of halogens is 3. The van der Waals surface area contributed by atoms with Gasteiger partial charge in [0.05, 0.1) is 5.02 Å². The molecule has 0 saturated carbocycles. The van der Waals surface area contributed by atoms with Gasteiger partial charge in [0.25, 0.3) is 0 Å². The van der Waals surface area contributed by atoms with Crippen LogP contribution in [-0.4, -0.2) is 38.9 Å². The molecule has 124 valence electrons. The average Bonchev–Trinajstić information content (AvgIpc) is 2.87. The number of benzene rings is 1. The van der Waals surface area contributed by atoms with E-state index >= 15 is 0 Å². The first-order valence-electron chi connectivity index (χ1n) is 7.10. The van der Waals surface area contributed by atoms with Crippen molar-refractivity contribution in [2.24, 2.45) is 5.41 Å². The van der Waals surface area contributed by atoms with Gasteiger partial charge in [-0.1, -0.05) is 17.7 Å². The Morgan fingerprint density at radius 2 is 1.91 bits per heavy atom. The van der Waals surface area contributed by atoms with Crippen LogP contribution in [0.5, 0.6) is 0 Å². The van der Waals surface area contributed by atoms with Gasteiger partial charge in [0.1, 0.15) is 4.90 Å². The molecule has 1 aromatic rings. The summed E-state index contributed by atoms with van der Waals surface area (Å²) in [6.07, 6.45) is 3.04. The fourth-order valence-electron chi connectivity index (χ4n) is 3.29. The molecular formula is C14H19BrCl2N2O2S. The van der Waals surface area contributed by atoms with Gasteiger partial charge < -0.3 is 5.32 Å². The molecule has 4 nitrogen and oxygen atoms in total. The van der Waals surface area contributed by atoms with Crippen LogP contribution in [0.2, 0.25) is 5.02 Å². The SMILES string of the molecule is Cl.O=S(=O)(c1cccc(Br)c1Cl)N1CCC2(CCNCC2)C1. The first-order valence-corrected chi connectivity index (χ1v) is 9.71. The van der Waals surface area contributed by atoms with Crippen LogP contribution in [0.1, 0.15) is 19.3 Å². The van der Waals surface area contributed by atoms with Gasteiger partial charge in [-0.2, -0.15) is 4.31 Å². The van der Waals surface area contributed by atoms with E-state index in [9.17, 15) is 8.42 Å². The monoisotopic (exact) mass is 428 g/mol. The minimum atomic E-state index is -3.52. The van der Waals surface area contributed by atoms with Crippen LogP contribution in [0.3, 0.4) is 0 Å². The summed E-state index contributed by atoms with van der Waals surface area (Å²) in [4.78, 5) is 0.199. The second kappa shape index (κ2) is 6.95. The first-order chi connectivity index (χ1) is 9.95. The largest absolute Gasteiger partial charge is 0.317 e. The van der Waals surface area contributed by atoms with Crippen molar-refractivity contribution >= 4 is 50.0 Å². The standard InChI is InChI=1S/C14H18BrClN2O2S.ClH/c15-11-2-1-3-12(13(11)16)21(19,20)18-9-6-14(10-18)4-7-17-8-5-14;/h1-3,17H,4-10H2;1H. The Labute approximate surface area is 151 Å². The molecule has 0 bridgehead atoms. The summed E-state index contributed by atoms with van der Waals surface area (Å²) in [5, 5.41) is 3.61. The van der Waals surface area contributed by atoms with Crippen molar-refractivity contribution < 1.29 is 8.42 Å². The number of hydrogen-bond acceptors (Lipinski definition) is 3. The minimum Gasteiger partial charge on any atom is -0.317 e. The van der Waals surface area contributed by atoms with Crippen LogP contribution in [-0.2, 0) is 10.0 Å². The molecule has 2 aliphatic heterocycles. The predicted molar refractivity (Wildman–Crippen MR) is 94.3 cm³/mol. The van der Waals surface area contributed by atoms with Gasteiger partial charge in [-0.3, -0.25) is 0 Å². The number of piperidine rings is 1. The van der Waals surface area contributed by atoms with Crippen molar-refractivity contribution in [3.63, 3.8) is 0 Å². The van der Waals surface area contributed by atoms with Crippen LogP contribution >= 0.6 is 39.9 Å². The van der Waals surface area contributed by atoms with Crippen molar-refractivity contribution in [3.05, 3.63) is 27.7 Å². The molecule has 3 rings (SSSR count).